The maximum absolute atomic E-state index is 12.6. The Morgan fingerprint density at radius 2 is 1.66 bits per heavy atom. The van der Waals surface area contributed by atoms with Crippen molar-refractivity contribution in [3.63, 3.8) is 0 Å². The summed E-state index contributed by atoms with van der Waals surface area (Å²) in [6, 6.07) is 10.9. The second kappa shape index (κ2) is 8.14. The third-order valence-corrected chi connectivity index (χ3v) is 7.65. The van der Waals surface area contributed by atoms with Gasteiger partial charge in [0.25, 0.3) is 0 Å². The lowest BCUT2D eigenvalue weighted by molar-refractivity contribution is -0.132. The molecule has 170 valence electrons. The van der Waals surface area contributed by atoms with Gasteiger partial charge in [-0.05, 0) is 55.1 Å². The molecule has 7 heteroatoms. The standard InChI is InChI=1S/C25H34BN3O3/c1-24(2)25(3,4)32-26(31-24)21-9-8-19-17-28(16-18-6-5-7-20(21)23(18)19)13-10-22(30)29-14-11-27-12-15-29/h5-9,27H,10-17H2,1-4H3. The van der Waals surface area contributed by atoms with Gasteiger partial charge in [0.1, 0.15) is 0 Å². The Balaban J connectivity index is 1.34. The molecule has 1 N–H and O–H groups in total. The molecule has 0 aromatic heterocycles. The quantitative estimate of drug-likeness (QED) is 0.747. The zero-order chi connectivity index (χ0) is 22.5. The zero-order valence-electron chi connectivity index (χ0n) is 19.7. The van der Waals surface area contributed by atoms with Crippen molar-refractivity contribution in [1.82, 2.24) is 15.1 Å². The van der Waals surface area contributed by atoms with Crippen LogP contribution in [0, 0.1) is 0 Å². The summed E-state index contributed by atoms with van der Waals surface area (Å²) >= 11 is 0. The Morgan fingerprint density at radius 1 is 1.00 bits per heavy atom. The van der Waals surface area contributed by atoms with Crippen LogP contribution in [0.2, 0.25) is 0 Å². The van der Waals surface area contributed by atoms with E-state index < -0.39 is 0 Å². The lowest BCUT2D eigenvalue weighted by Crippen LogP contribution is -2.47. The topological polar surface area (TPSA) is 54.0 Å². The van der Waals surface area contributed by atoms with Gasteiger partial charge < -0.3 is 19.5 Å². The second-order valence-electron chi connectivity index (χ2n) is 10.3. The van der Waals surface area contributed by atoms with Gasteiger partial charge in [-0.2, -0.15) is 0 Å². The second-order valence-corrected chi connectivity index (χ2v) is 10.3. The highest BCUT2D eigenvalue weighted by Gasteiger charge is 2.52. The largest absolute Gasteiger partial charge is 0.495 e. The Bertz CT molecular complexity index is 1000. The molecule has 5 rings (SSSR count). The first-order valence-corrected chi connectivity index (χ1v) is 11.8. The number of nitrogens with one attached hydrogen (secondary N) is 1. The van der Waals surface area contributed by atoms with Crippen molar-refractivity contribution in [2.75, 3.05) is 32.7 Å². The average molecular weight is 435 g/mol. The molecule has 3 aliphatic heterocycles. The summed E-state index contributed by atoms with van der Waals surface area (Å²) in [5, 5.41) is 5.85. The Labute approximate surface area is 191 Å². The Hall–Kier alpha value is -1.93. The number of benzene rings is 2. The maximum Gasteiger partial charge on any atom is 0.495 e. The molecular formula is C25H34BN3O3. The van der Waals surface area contributed by atoms with Crippen molar-refractivity contribution in [3.8, 4) is 0 Å². The van der Waals surface area contributed by atoms with E-state index >= 15 is 0 Å². The SMILES string of the molecule is CC1(C)OB(c2ccc3c4c(cccc24)CN(CCC(=O)N2CCNCC2)C3)OC1(C)C. The molecule has 2 aromatic rings. The third kappa shape index (κ3) is 3.85. The fraction of sp³-hybridized carbons (Fsp3) is 0.560. The van der Waals surface area contributed by atoms with Gasteiger partial charge in [0.15, 0.2) is 0 Å². The molecule has 2 fully saturated rings. The number of nitrogens with zero attached hydrogens (tertiary/aromatic N) is 2. The molecule has 2 saturated heterocycles. The van der Waals surface area contributed by atoms with E-state index in [0.717, 1.165) is 51.3 Å². The molecule has 0 aliphatic carbocycles. The minimum Gasteiger partial charge on any atom is -0.399 e. The monoisotopic (exact) mass is 435 g/mol. The normalized spacial score (nSPS) is 22.5. The molecule has 2 aromatic carbocycles. The lowest BCUT2D eigenvalue weighted by Gasteiger charge is -2.32. The summed E-state index contributed by atoms with van der Waals surface area (Å²) in [7, 11) is -0.362. The number of rotatable bonds is 4. The number of amides is 1. The number of hydrogen-bond donors (Lipinski definition) is 1. The summed E-state index contributed by atoms with van der Waals surface area (Å²) < 4.78 is 12.7. The molecule has 1 amide bonds. The molecule has 0 unspecified atom stereocenters. The molecule has 0 saturated carbocycles. The summed E-state index contributed by atoms with van der Waals surface area (Å²) in [5.74, 6) is 0.270. The van der Waals surface area contributed by atoms with Gasteiger partial charge >= 0.3 is 7.12 Å². The van der Waals surface area contributed by atoms with Crippen LogP contribution in [0.25, 0.3) is 10.8 Å². The van der Waals surface area contributed by atoms with Crippen molar-refractivity contribution < 1.29 is 14.1 Å². The van der Waals surface area contributed by atoms with Crippen LogP contribution in [0.5, 0.6) is 0 Å². The zero-order valence-corrected chi connectivity index (χ0v) is 19.7. The molecule has 0 atom stereocenters. The number of carbonyl (C=O) groups excluding carboxylic acids is 1. The Morgan fingerprint density at radius 3 is 2.34 bits per heavy atom. The van der Waals surface area contributed by atoms with Crippen molar-refractivity contribution in [1.29, 1.82) is 0 Å². The molecular weight excluding hydrogens is 401 g/mol. The van der Waals surface area contributed by atoms with Crippen LogP contribution in [0.3, 0.4) is 0 Å². The van der Waals surface area contributed by atoms with Crippen molar-refractivity contribution in [2.24, 2.45) is 0 Å². The summed E-state index contributed by atoms with van der Waals surface area (Å²) in [6.07, 6.45) is 0.581. The summed E-state index contributed by atoms with van der Waals surface area (Å²) in [4.78, 5) is 17.0. The van der Waals surface area contributed by atoms with Gasteiger partial charge in [-0.25, -0.2) is 0 Å². The number of hydrogen-bond acceptors (Lipinski definition) is 5. The van der Waals surface area contributed by atoms with E-state index in [-0.39, 0.29) is 24.2 Å². The predicted octanol–water partition coefficient (Wildman–Crippen LogP) is 2.28. The third-order valence-electron chi connectivity index (χ3n) is 7.65. The smallest absolute Gasteiger partial charge is 0.399 e. The summed E-state index contributed by atoms with van der Waals surface area (Å²) in [6.45, 7) is 14.3. The predicted molar refractivity (Wildman–Crippen MR) is 128 cm³/mol. The molecule has 6 nitrogen and oxygen atoms in total. The minimum absolute atomic E-state index is 0.270. The fourth-order valence-corrected chi connectivity index (χ4v) is 5.04. The first-order chi connectivity index (χ1) is 15.2. The van der Waals surface area contributed by atoms with Crippen LogP contribution in [-0.4, -0.2) is 66.8 Å². The van der Waals surface area contributed by atoms with Crippen LogP contribution < -0.4 is 10.8 Å². The molecule has 0 radical (unpaired) electrons. The van der Waals surface area contributed by atoms with Gasteiger partial charge in [0.2, 0.25) is 5.91 Å². The van der Waals surface area contributed by atoms with Gasteiger partial charge in [-0.1, -0.05) is 30.3 Å². The van der Waals surface area contributed by atoms with Crippen LogP contribution in [0.1, 0.15) is 45.2 Å². The summed E-state index contributed by atoms with van der Waals surface area (Å²) in [5.41, 5.74) is 3.02. The minimum atomic E-state index is -0.362. The first-order valence-electron chi connectivity index (χ1n) is 11.8. The average Bonchev–Trinajstić information content (AvgIpc) is 2.99. The molecule has 3 aliphatic rings. The highest BCUT2D eigenvalue weighted by molar-refractivity contribution is 6.65. The van der Waals surface area contributed by atoms with Crippen molar-refractivity contribution in [2.45, 2.75) is 58.4 Å². The lowest BCUT2D eigenvalue weighted by atomic mass is 9.74. The van der Waals surface area contributed by atoms with Crippen molar-refractivity contribution >= 4 is 29.3 Å². The fourth-order valence-electron chi connectivity index (χ4n) is 5.04. The van der Waals surface area contributed by atoms with E-state index in [9.17, 15) is 4.79 Å². The van der Waals surface area contributed by atoms with Crippen molar-refractivity contribution in [3.05, 3.63) is 41.5 Å². The van der Waals surface area contributed by atoms with E-state index in [0.29, 0.717) is 6.42 Å². The molecule has 3 heterocycles. The number of piperazine rings is 1. The van der Waals surface area contributed by atoms with Crippen LogP contribution in [0.15, 0.2) is 30.3 Å². The van der Waals surface area contributed by atoms with Gasteiger partial charge in [0.05, 0.1) is 11.2 Å². The van der Waals surface area contributed by atoms with E-state index in [1.54, 1.807) is 0 Å². The van der Waals surface area contributed by atoms with E-state index in [2.05, 4.69) is 68.2 Å². The highest BCUT2D eigenvalue weighted by atomic mass is 16.7. The first kappa shape index (κ1) is 21.9. The van der Waals surface area contributed by atoms with Crippen LogP contribution in [-0.2, 0) is 27.2 Å². The van der Waals surface area contributed by atoms with Crippen LogP contribution in [0.4, 0.5) is 0 Å². The molecule has 0 spiro atoms. The number of carbonyl (C=O) groups is 1. The Kier molecular flexibility index (Phi) is 5.57. The van der Waals surface area contributed by atoms with Gasteiger partial charge in [0, 0.05) is 52.2 Å². The molecule has 0 bridgehead atoms. The maximum atomic E-state index is 12.6. The van der Waals surface area contributed by atoms with Gasteiger partial charge in [-0.15, -0.1) is 0 Å². The van der Waals surface area contributed by atoms with Crippen LogP contribution >= 0.6 is 0 Å². The van der Waals surface area contributed by atoms with E-state index in [4.69, 9.17) is 9.31 Å². The van der Waals surface area contributed by atoms with E-state index in [1.165, 1.54) is 21.9 Å². The molecule has 32 heavy (non-hydrogen) atoms. The van der Waals surface area contributed by atoms with E-state index in [1.807, 2.05) is 4.90 Å². The highest BCUT2D eigenvalue weighted by Crippen LogP contribution is 2.38. The van der Waals surface area contributed by atoms with Gasteiger partial charge in [-0.3, -0.25) is 9.69 Å².